The number of halogens is 1. The molecule has 1 N–H and O–H groups in total. The van der Waals surface area contributed by atoms with Crippen LogP contribution in [-0.4, -0.2) is 79.4 Å². The van der Waals surface area contributed by atoms with Gasteiger partial charge in [0.1, 0.15) is 17.7 Å². The van der Waals surface area contributed by atoms with E-state index in [0.717, 1.165) is 57.9 Å². The number of piperidine rings is 2. The summed E-state index contributed by atoms with van der Waals surface area (Å²) >= 11 is 0. The average Bonchev–Trinajstić information content (AvgIpc) is 2.90. The second-order valence-electron chi connectivity index (χ2n) is 10.1. The Labute approximate surface area is 223 Å². The normalized spacial score (nSPS) is 18.9. The first-order valence-electron chi connectivity index (χ1n) is 13.4. The third-order valence-electron chi connectivity index (χ3n) is 7.10. The minimum absolute atomic E-state index is 0.138. The molecule has 3 fully saturated rings. The van der Waals surface area contributed by atoms with E-state index in [1.54, 1.807) is 6.07 Å². The number of para-hydroxylation sites is 1. The van der Waals surface area contributed by atoms with E-state index in [4.69, 9.17) is 4.74 Å². The molecule has 8 nitrogen and oxygen atoms in total. The van der Waals surface area contributed by atoms with Crippen molar-refractivity contribution in [1.82, 2.24) is 15.1 Å². The second-order valence-corrected chi connectivity index (χ2v) is 10.1. The highest BCUT2D eigenvalue weighted by Crippen LogP contribution is 2.22. The topological polar surface area (TPSA) is 82.2 Å². The van der Waals surface area contributed by atoms with Gasteiger partial charge in [-0.1, -0.05) is 24.3 Å². The Kier molecular flexibility index (Phi) is 9.70. The number of amides is 3. The van der Waals surface area contributed by atoms with Gasteiger partial charge in [-0.15, -0.1) is 0 Å². The Hall–Kier alpha value is -3.46. The number of anilines is 1. The molecule has 0 aromatic heterocycles. The van der Waals surface area contributed by atoms with Crippen LogP contribution in [0.15, 0.2) is 48.5 Å². The number of likely N-dealkylation sites (tertiary alicyclic amines) is 1. The highest BCUT2D eigenvalue weighted by Gasteiger charge is 2.27. The Morgan fingerprint density at radius 2 is 1.63 bits per heavy atom. The molecule has 5 rings (SSSR count). The van der Waals surface area contributed by atoms with Gasteiger partial charge in [0.2, 0.25) is 17.7 Å². The number of hydrogen-bond donors (Lipinski definition) is 1. The van der Waals surface area contributed by atoms with Gasteiger partial charge < -0.3 is 14.5 Å². The molecule has 0 aliphatic carbocycles. The van der Waals surface area contributed by atoms with E-state index in [0.29, 0.717) is 31.5 Å². The summed E-state index contributed by atoms with van der Waals surface area (Å²) in [4.78, 5) is 39.6. The van der Waals surface area contributed by atoms with E-state index in [-0.39, 0.29) is 29.6 Å². The summed E-state index contributed by atoms with van der Waals surface area (Å²) in [5.41, 5.74) is 1.84. The number of ether oxygens (including phenoxy) is 1. The van der Waals surface area contributed by atoms with Gasteiger partial charge in [0.25, 0.3) is 0 Å². The lowest BCUT2D eigenvalue weighted by Gasteiger charge is -2.38. The van der Waals surface area contributed by atoms with Gasteiger partial charge >= 0.3 is 0 Å². The molecule has 204 valence electrons. The van der Waals surface area contributed by atoms with Crippen molar-refractivity contribution < 1.29 is 23.5 Å². The molecule has 2 aromatic rings. The fourth-order valence-electron chi connectivity index (χ4n) is 4.94. The molecule has 3 heterocycles. The maximum Gasteiger partial charge on any atom is 0.236 e. The minimum Gasteiger partial charge on any atom is -0.490 e. The lowest BCUT2D eigenvalue weighted by Crippen LogP contribution is -2.51. The van der Waals surface area contributed by atoms with Gasteiger partial charge in [-0.25, -0.2) is 4.39 Å². The minimum atomic E-state index is -0.183. The van der Waals surface area contributed by atoms with Crippen molar-refractivity contribution in [2.45, 2.75) is 45.1 Å². The van der Waals surface area contributed by atoms with Gasteiger partial charge in [-0.3, -0.25) is 24.6 Å². The molecule has 2 aromatic carbocycles. The van der Waals surface area contributed by atoms with E-state index >= 15 is 0 Å². The fraction of sp³-hybridized carbons (Fsp3) is 0.483. The van der Waals surface area contributed by atoms with Crippen molar-refractivity contribution in [2.24, 2.45) is 0 Å². The molecule has 3 saturated heterocycles. The van der Waals surface area contributed by atoms with Crippen molar-refractivity contribution in [3.8, 4) is 5.75 Å². The SMILES string of the molecule is Cc1cccc(OC2CCN(C(=O)CN3CCN(c4ccccc4F)CC3)CC2)c1.O=C1CCCC(=O)N1. The molecule has 0 unspecified atom stereocenters. The van der Waals surface area contributed by atoms with Crippen LogP contribution >= 0.6 is 0 Å². The molecule has 0 atom stereocenters. The monoisotopic (exact) mass is 524 g/mol. The molecule has 3 aliphatic rings. The predicted molar refractivity (Wildman–Crippen MR) is 143 cm³/mol. The maximum absolute atomic E-state index is 14.0. The number of aryl methyl sites for hydroxylation is 1. The molecule has 9 heteroatoms. The third-order valence-corrected chi connectivity index (χ3v) is 7.10. The third kappa shape index (κ3) is 8.02. The van der Waals surface area contributed by atoms with Gasteiger partial charge in [0, 0.05) is 65.0 Å². The van der Waals surface area contributed by atoms with E-state index in [1.165, 1.54) is 11.6 Å². The van der Waals surface area contributed by atoms with Crippen molar-refractivity contribution >= 4 is 23.4 Å². The zero-order valence-electron chi connectivity index (χ0n) is 22.0. The summed E-state index contributed by atoms with van der Waals surface area (Å²) in [6.07, 6.45) is 3.61. The van der Waals surface area contributed by atoms with Crippen LogP contribution in [0.3, 0.4) is 0 Å². The van der Waals surface area contributed by atoms with Crippen molar-refractivity contribution in [1.29, 1.82) is 0 Å². The summed E-state index contributed by atoms with van der Waals surface area (Å²) in [6.45, 7) is 7.00. The lowest BCUT2D eigenvalue weighted by atomic mass is 10.1. The summed E-state index contributed by atoms with van der Waals surface area (Å²) in [5.74, 6) is 0.635. The number of imide groups is 1. The molecule has 38 heavy (non-hydrogen) atoms. The smallest absolute Gasteiger partial charge is 0.236 e. The first-order chi connectivity index (χ1) is 18.4. The van der Waals surface area contributed by atoms with E-state index in [9.17, 15) is 18.8 Å². The molecule has 0 saturated carbocycles. The number of benzene rings is 2. The number of hydrogen-bond acceptors (Lipinski definition) is 6. The first kappa shape index (κ1) is 27.6. The van der Waals surface area contributed by atoms with Gasteiger partial charge in [0.15, 0.2) is 0 Å². The number of carbonyl (C=O) groups excluding carboxylic acids is 3. The van der Waals surface area contributed by atoms with Crippen LogP contribution in [0.25, 0.3) is 0 Å². The Bertz CT molecular complexity index is 1100. The summed E-state index contributed by atoms with van der Waals surface area (Å²) in [6, 6.07) is 15.0. The van der Waals surface area contributed by atoms with E-state index in [1.807, 2.05) is 29.2 Å². The van der Waals surface area contributed by atoms with Crippen LogP contribution in [0.2, 0.25) is 0 Å². The summed E-state index contributed by atoms with van der Waals surface area (Å²) in [7, 11) is 0. The second kappa shape index (κ2) is 13.4. The first-order valence-corrected chi connectivity index (χ1v) is 13.4. The Balaban J connectivity index is 0.000000360. The van der Waals surface area contributed by atoms with E-state index < -0.39 is 0 Å². The molecular formula is C29H37FN4O4. The zero-order valence-corrected chi connectivity index (χ0v) is 22.0. The predicted octanol–water partition coefficient (Wildman–Crippen LogP) is 3.14. The quantitative estimate of drug-likeness (QED) is 0.606. The van der Waals surface area contributed by atoms with Gasteiger partial charge in [0.05, 0.1) is 12.2 Å². The molecule has 0 radical (unpaired) electrons. The van der Waals surface area contributed by atoms with Crippen molar-refractivity contribution in [3.63, 3.8) is 0 Å². The average molecular weight is 525 g/mol. The van der Waals surface area contributed by atoms with Crippen LogP contribution in [0.5, 0.6) is 5.75 Å². The molecular weight excluding hydrogens is 487 g/mol. The summed E-state index contributed by atoms with van der Waals surface area (Å²) < 4.78 is 20.1. The maximum atomic E-state index is 14.0. The number of nitrogens with zero attached hydrogens (tertiary/aromatic N) is 3. The fourth-order valence-corrected chi connectivity index (χ4v) is 4.94. The van der Waals surface area contributed by atoms with Gasteiger partial charge in [-0.2, -0.15) is 0 Å². The Morgan fingerprint density at radius 3 is 2.24 bits per heavy atom. The Morgan fingerprint density at radius 1 is 0.947 bits per heavy atom. The number of rotatable bonds is 5. The van der Waals surface area contributed by atoms with Crippen LogP contribution in [0.1, 0.15) is 37.7 Å². The van der Waals surface area contributed by atoms with Crippen LogP contribution in [0.4, 0.5) is 10.1 Å². The number of piperazine rings is 1. The lowest BCUT2D eigenvalue weighted by molar-refractivity contribution is -0.135. The summed E-state index contributed by atoms with van der Waals surface area (Å²) in [5, 5.41) is 2.20. The highest BCUT2D eigenvalue weighted by molar-refractivity contribution is 5.97. The zero-order chi connectivity index (χ0) is 26.9. The molecule has 3 amide bonds. The van der Waals surface area contributed by atoms with Crippen molar-refractivity contribution in [3.05, 3.63) is 59.9 Å². The van der Waals surface area contributed by atoms with Crippen molar-refractivity contribution in [2.75, 3.05) is 50.7 Å². The van der Waals surface area contributed by atoms with Crippen LogP contribution in [-0.2, 0) is 14.4 Å². The number of nitrogens with one attached hydrogen (secondary N) is 1. The number of carbonyl (C=O) groups is 3. The van der Waals surface area contributed by atoms with Gasteiger partial charge in [-0.05, 0) is 43.2 Å². The van der Waals surface area contributed by atoms with Crippen LogP contribution in [0, 0.1) is 12.7 Å². The largest absolute Gasteiger partial charge is 0.490 e. The molecule has 0 spiro atoms. The molecule has 0 bridgehead atoms. The molecule has 3 aliphatic heterocycles. The highest BCUT2D eigenvalue weighted by atomic mass is 19.1. The van der Waals surface area contributed by atoms with Crippen LogP contribution < -0.4 is 15.0 Å². The standard InChI is InChI=1S/C24H30FN3O2.C5H7NO2/c1-19-5-4-6-21(17-19)30-20-9-11-28(12-10-20)24(29)18-26-13-15-27(16-14-26)23-8-3-2-7-22(23)25;7-4-2-1-3-5(8)6-4/h2-8,17,20H,9-16,18H2,1H3;1-3H2,(H,6,7,8). The van der Waals surface area contributed by atoms with E-state index in [2.05, 4.69) is 34.2 Å².